The van der Waals surface area contributed by atoms with E-state index in [2.05, 4.69) is 46.3 Å². The average molecular weight is 393 g/mol. The highest BCUT2D eigenvalue weighted by Crippen LogP contribution is 2.54. The standard InChI is InChI=1S/C24H32N4O/c1-2-20-25-21(27-26-20)19-16-28(17-23(19)12-6-7-13-23)22(29)24(14-8-9-15-24)18-10-4-3-5-11-18/h3-5,10-11,19H,2,6-9,12-17H2,1H3,(H,25,26,27). The predicted molar refractivity (Wildman–Crippen MR) is 113 cm³/mol. The molecule has 3 fully saturated rings. The minimum Gasteiger partial charge on any atom is -0.341 e. The normalized spacial score (nSPS) is 25.1. The Hall–Kier alpha value is -2.17. The van der Waals surface area contributed by atoms with Crippen LogP contribution in [0.5, 0.6) is 0 Å². The highest BCUT2D eigenvalue weighted by atomic mass is 16.2. The van der Waals surface area contributed by atoms with Gasteiger partial charge in [0, 0.05) is 25.4 Å². The van der Waals surface area contributed by atoms with E-state index in [0.717, 1.165) is 56.8 Å². The Labute approximate surface area is 173 Å². The van der Waals surface area contributed by atoms with Crippen LogP contribution >= 0.6 is 0 Å². The second-order valence-electron chi connectivity index (χ2n) is 9.46. The van der Waals surface area contributed by atoms with Gasteiger partial charge in [0.1, 0.15) is 5.82 Å². The summed E-state index contributed by atoms with van der Waals surface area (Å²) in [4.78, 5) is 21.0. The Morgan fingerprint density at radius 3 is 2.45 bits per heavy atom. The maximum Gasteiger partial charge on any atom is 0.233 e. The zero-order valence-corrected chi connectivity index (χ0v) is 17.5. The maximum atomic E-state index is 14.0. The topological polar surface area (TPSA) is 61.9 Å². The van der Waals surface area contributed by atoms with Crippen molar-refractivity contribution in [3.05, 3.63) is 47.5 Å². The SMILES string of the molecule is CCc1nc(C2CN(C(=O)C3(c4ccccc4)CCCC3)CC23CCCC3)n[nH]1. The van der Waals surface area contributed by atoms with E-state index >= 15 is 0 Å². The van der Waals surface area contributed by atoms with Gasteiger partial charge in [-0.1, -0.05) is 62.9 Å². The number of likely N-dealkylation sites (tertiary alicyclic amines) is 1. The number of H-pyrrole nitrogens is 1. The fourth-order valence-corrected chi connectivity index (χ4v) is 6.35. The molecule has 5 heteroatoms. The molecule has 1 aromatic heterocycles. The second kappa shape index (κ2) is 7.26. The average Bonchev–Trinajstić information content (AvgIpc) is 3.56. The number of carbonyl (C=O) groups excluding carboxylic acids is 1. The van der Waals surface area contributed by atoms with Crippen LogP contribution in [0.1, 0.15) is 81.4 Å². The van der Waals surface area contributed by atoms with E-state index in [1.54, 1.807) is 0 Å². The summed E-state index contributed by atoms with van der Waals surface area (Å²) in [6.45, 7) is 3.75. The van der Waals surface area contributed by atoms with Crippen LogP contribution in [0.3, 0.4) is 0 Å². The first kappa shape index (κ1) is 18.8. The number of carbonyl (C=O) groups is 1. The Morgan fingerprint density at radius 1 is 1.10 bits per heavy atom. The summed E-state index contributed by atoms with van der Waals surface area (Å²) in [5.41, 5.74) is 1.04. The summed E-state index contributed by atoms with van der Waals surface area (Å²) in [7, 11) is 0. The first-order chi connectivity index (χ1) is 14.2. The summed E-state index contributed by atoms with van der Waals surface area (Å²) >= 11 is 0. The number of aryl methyl sites for hydroxylation is 1. The van der Waals surface area contributed by atoms with Crippen LogP contribution in [0.4, 0.5) is 0 Å². The van der Waals surface area contributed by atoms with Crippen LogP contribution in [0.15, 0.2) is 30.3 Å². The van der Waals surface area contributed by atoms with E-state index in [9.17, 15) is 4.79 Å². The fraction of sp³-hybridized carbons (Fsp3) is 0.625. The van der Waals surface area contributed by atoms with Crippen molar-refractivity contribution in [3.8, 4) is 0 Å². The number of amides is 1. The molecule has 2 aliphatic carbocycles. The second-order valence-corrected chi connectivity index (χ2v) is 9.46. The van der Waals surface area contributed by atoms with Crippen molar-refractivity contribution in [2.75, 3.05) is 13.1 Å². The first-order valence-corrected chi connectivity index (χ1v) is 11.4. The molecule has 1 atom stereocenters. The molecule has 1 amide bonds. The van der Waals surface area contributed by atoms with Gasteiger partial charge in [-0.25, -0.2) is 4.98 Å². The van der Waals surface area contributed by atoms with E-state index in [1.165, 1.54) is 31.2 Å². The highest BCUT2D eigenvalue weighted by molar-refractivity contribution is 5.89. The van der Waals surface area contributed by atoms with Crippen LogP contribution in [-0.4, -0.2) is 39.1 Å². The molecule has 0 radical (unpaired) electrons. The number of hydrogen-bond donors (Lipinski definition) is 1. The monoisotopic (exact) mass is 392 g/mol. The Balaban J connectivity index is 1.47. The molecular formula is C24H32N4O. The third kappa shape index (κ3) is 3.01. The smallest absolute Gasteiger partial charge is 0.233 e. The van der Waals surface area contributed by atoms with Crippen molar-refractivity contribution in [2.45, 2.75) is 76.0 Å². The Kier molecular flexibility index (Phi) is 4.72. The summed E-state index contributed by atoms with van der Waals surface area (Å²) in [5.74, 6) is 2.50. The van der Waals surface area contributed by atoms with E-state index in [-0.39, 0.29) is 16.7 Å². The first-order valence-electron chi connectivity index (χ1n) is 11.4. The lowest BCUT2D eigenvalue weighted by Gasteiger charge is -2.34. The van der Waals surface area contributed by atoms with Crippen molar-refractivity contribution in [2.24, 2.45) is 5.41 Å². The number of nitrogens with zero attached hydrogens (tertiary/aromatic N) is 3. The minimum atomic E-state index is -0.330. The molecule has 1 aromatic carbocycles. The van der Waals surface area contributed by atoms with Crippen LogP contribution in [0.2, 0.25) is 0 Å². The molecule has 1 aliphatic heterocycles. The van der Waals surface area contributed by atoms with Crippen molar-refractivity contribution in [1.29, 1.82) is 0 Å². The molecule has 1 unspecified atom stereocenters. The number of rotatable bonds is 4. The molecule has 154 valence electrons. The van der Waals surface area contributed by atoms with Gasteiger partial charge in [0.25, 0.3) is 0 Å². The number of nitrogens with one attached hydrogen (secondary N) is 1. The van der Waals surface area contributed by atoms with Gasteiger partial charge in [-0.2, -0.15) is 5.10 Å². The zero-order chi connectivity index (χ0) is 19.9. The van der Waals surface area contributed by atoms with Crippen molar-refractivity contribution < 1.29 is 4.79 Å². The molecule has 1 N–H and O–H groups in total. The van der Waals surface area contributed by atoms with E-state index in [0.29, 0.717) is 5.91 Å². The molecule has 29 heavy (non-hydrogen) atoms. The van der Waals surface area contributed by atoms with Gasteiger partial charge in [0.05, 0.1) is 5.41 Å². The molecule has 0 bridgehead atoms. The molecule has 1 saturated heterocycles. The maximum absolute atomic E-state index is 14.0. The molecule has 2 saturated carbocycles. The molecule has 5 rings (SSSR count). The van der Waals surface area contributed by atoms with Crippen molar-refractivity contribution in [3.63, 3.8) is 0 Å². The summed E-state index contributed by atoms with van der Waals surface area (Å²) in [5, 5.41) is 7.69. The van der Waals surface area contributed by atoms with Crippen LogP contribution in [-0.2, 0) is 16.6 Å². The van der Waals surface area contributed by atoms with Crippen LogP contribution in [0, 0.1) is 5.41 Å². The number of benzene rings is 1. The Bertz CT molecular complexity index is 862. The van der Waals surface area contributed by atoms with Crippen LogP contribution < -0.4 is 0 Å². The van der Waals surface area contributed by atoms with Crippen molar-refractivity contribution in [1.82, 2.24) is 20.1 Å². The van der Waals surface area contributed by atoms with Crippen LogP contribution in [0.25, 0.3) is 0 Å². The zero-order valence-electron chi connectivity index (χ0n) is 17.5. The highest BCUT2D eigenvalue weighted by Gasteiger charge is 2.54. The predicted octanol–water partition coefficient (Wildman–Crippen LogP) is 4.37. The molecule has 5 nitrogen and oxygen atoms in total. The molecule has 3 aliphatic rings. The number of aromatic amines is 1. The van der Waals surface area contributed by atoms with E-state index in [4.69, 9.17) is 4.98 Å². The summed E-state index contributed by atoms with van der Waals surface area (Å²) in [6.07, 6.45) is 10.0. The van der Waals surface area contributed by atoms with Gasteiger partial charge in [0.15, 0.2) is 5.82 Å². The third-order valence-corrected chi connectivity index (χ3v) is 7.92. The summed E-state index contributed by atoms with van der Waals surface area (Å²) < 4.78 is 0. The van der Waals surface area contributed by atoms with Gasteiger partial charge in [-0.15, -0.1) is 0 Å². The van der Waals surface area contributed by atoms with E-state index in [1.807, 2.05) is 6.07 Å². The quantitative estimate of drug-likeness (QED) is 0.841. The van der Waals surface area contributed by atoms with Crippen molar-refractivity contribution >= 4 is 5.91 Å². The van der Waals surface area contributed by atoms with Gasteiger partial charge < -0.3 is 4.90 Å². The lowest BCUT2D eigenvalue weighted by atomic mass is 9.76. The largest absolute Gasteiger partial charge is 0.341 e. The minimum absolute atomic E-state index is 0.166. The third-order valence-electron chi connectivity index (χ3n) is 7.92. The van der Waals surface area contributed by atoms with Gasteiger partial charge >= 0.3 is 0 Å². The lowest BCUT2D eigenvalue weighted by molar-refractivity contribution is -0.136. The van der Waals surface area contributed by atoms with Gasteiger partial charge in [-0.3, -0.25) is 9.89 Å². The molecule has 2 aromatic rings. The number of hydrogen-bond acceptors (Lipinski definition) is 3. The summed E-state index contributed by atoms with van der Waals surface area (Å²) in [6, 6.07) is 10.5. The lowest BCUT2D eigenvalue weighted by Crippen LogP contribution is -2.45. The number of aromatic nitrogens is 3. The molecule has 2 heterocycles. The Morgan fingerprint density at radius 2 is 1.79 bits per heavy atom. The van der Waals surface area contributed by atoms with E-state index < -0.39 is 0 Å². The van der Waals surface area contributed by atoms with Gasteiger partial charge in [0.2, 0.25) is 5.91 Å². The fourth-order valence-electron chi connectivity index (χ4n) is 6.35. The van der Waals surface area contributed by atoms with Gasteiger partial charge in [-0.05, 0) is 36.7 Å². The molecule has 1 spiro atoms. The molecular weight excluding hydrogens is 360 g/mol.